The van der Waals surface area contributed by atoms with E-state index in [0.29, 0.717) is 5.01 Å². The fourth-order valence-corrected chi connectivity index (χ4v) is 2.79. The van der Waals surface area contributed by atoms with Gasteiger partial charge in [-0.25, -0.2) is 4.98 Å². The summed E-state index contributed by atoms with van der Waals surface area (Å²) in [5.74, 6) is 0.0954. The van der Waals surface area contributed by atoms with Crippen LogP contribution in [0.25, 0.3) is 11.3 Å². The first-order chi connectivity index (χ1) is 8.72. The van der Waals surface area contributed by atoms with Gasteiger partial charge in [-0.3, -0.25) is 4.79 Å². The second-order valence-electron chi connectivity index (χ2n) is 4.12. The van der Waals surface area contributed by atoms with Crippen LogP contribution >= 0.6 is 11.3 Å². The van der Waals surface area contributed by atoms with Crippen molar-refractivity contribution < 1.29 is 14.6 Å². The van der Waals surface area contributed by atoms with E-state index in [4.69, 9.17) is 9.84 Å². The molecule has 92 valence electrons. The Morgan fingerprint density at radius 2 is 2.39 bits per heavy atom. The smallest absolute Gasteiger partial charge is 0.310 e. The summed E-state index contributed by atoms with van der Waals surface area (Å²) < 4.78 is 5.45. The number of carbonyl (C=O) groups is 1. The lowest BCUT2D eigenvalue weighted by Gasteiger charge is -2.01. The molecule has 1 aromatic heterocycles. The highest BCUT2D eigenvalue weighted by atomic mass is 32.1. The lowest BCUT2D eigenvalue weighted by atomic mass is 10.1. The van der Waals surface area contributed by atoms with Crippen LogP contribution in [0.4, 0.5) is 0 Å². The van der Waals surface area contributed by atoms with Gasteiger partial charge in [-0.2, -0.15) is 0 Å². The van der Waals surface area contributed by atoms with Gasteiger partial charge in [-0.1, -0.05) is 0 Å². The molecule has 0 saturated heterocycles. The zero-order valence-corrected chi connectivity index (χ0v) is 10.4. The monoisotopic (exact) mass is 261 g/mol. The predicted molar refractivity (Wildman–Crippen MR) is 68.1 cm³/mol. The van der Waals surface area contributed by atoms with Crippen LogP contribution in [0.15, 0.2) is 23.6 Å². The lowest BCUT2D eigenvalue weighted by Crippen LogP contribution is -1.99. The van der Waals surface area contributed by atoms with Gasteiger partial charge < -0.3 is 9.84 Å². The average molecular weight is 261 g/mol. The molecule has 1 aliphatic rings. The van der Waals surface area contributed by atoms with Crippen molar-refractivity contribution in [3.63, 3.8) is 0 Å². The summed E-state index contributed by atoms with van der Waals surface area (Å²) in [4.78, 5) is 15.0. The average Bonchev–Trinajstić information content (AvgIpc) is 2.95. The minimum absolute atomic E-state index is 0.0152. The van der Waals surface area contributed by atoms with Crippen LogP contribution in [0, 0.1) is 0 Å². The minimum Gasteiger partial charge on any atom is -0.493 e. The number of carboxylic acid groups (broad SMARTS) is 1. The molecule has 0 bridgehead atoms. The van der Waals surface area contributed by atoms with E-state index in [1.807, 2.05) is 17.5 Å². The Bertz CT molecular complexity index is 606. The van der Waals surface area contributed by atoms with E-state index in [9.17, 15) is 4.79 Å². The van der Waals surface area contributed by atoms with Crippen molar-refractivity contribution >= 4 is 17.3 Å². The normalized spacial score (nSPS) is 13.1. The Balaban J connectivity index is 1.90. The standard InChI is InChI=1S/C13H11NO3S/c15-13(16)6-12-14-10(7-18-12)8-1-2-11-9(5-8)3-4-17-11/h1-2,5,7H,3-4,6H2,(H,15,16). The molecule has 0 amide bonds. The van der Waals surface area contributed by atoms with Gasteiger partial charge in [-0.05, 0) is 23.8 Å². The van der Waals surface area contributed by atoms with Crippen molar-refractivity contribution in [3.05, 3.63) is 34.2 Å². The molecule has 2 heterocycles. The van der Waals surface area contributed by atoms with Gasteiger partial charge >= 0.3 is 5.97 Å². The minimum atomic E-state index is -0.849. The highest BCUT2D eigenvalue weighted by Crippen LogP contribution is 2.30. The van der Waals surface area contributed by atoms with E-state index >= 15 is 0 Å². The summed E-state index contributed by atoms with van der Waals surface area (Å²) in [5.41, 5.74) is 3.05. The molecular weight excluding hydrogens is 250 g/mol. The fraction of sp³-hybridized carbons (Fsp3) is 0.231. The van der Waals surface area contributed by atoms with Gasteiger partial charge in [0.05, 0.1) is 18.7 Å². The Morgan fingerprint density at radius 3 is 3.22 bits per heavy atom. The molecule has 1 aromatic carbocycles. The van der Waals surface area contributed by atoms with Crippen LogP contribution in [0.1, 0.15) is 10.6 Å². The summed E-state index contributed by atoms with van der Waals surface area (Å²) in [6, 6.07) is 5.99. The van der Waals surface area contributed by atoms with Crippen molar-refractivity contribution in [1.82, 2.24) is 4.98 Å². The van der Waals surface area contributed by atoms with Gasteiger partial charge in [0, 0.05) is 17.4 Å². The Labute approximate surface area is 108 Å². The van der Waals surface area contributed by atoms with E-state index in [2.05, 4.69) is 11.1 Å². The number of fused-ring (bicyclic) bond motifs is 1. The maximum atomic E-state index is 10.6. The van der Waals surface area contributed by atoms with Crippen LogP contribution in [0.2, 0.25) is 0 Å². The summed E-state index contributed by atoms with van der Waals surface area (Å²) in [7, 11) is 0. The molecular formula is C13H11NO3S. The summed E-state index contributed by atoms with van der Waals surface area (Å²) in [6.07, 6.45) is 0.911. The third-order valence-electron chi connectivity index (χ3n) is 2.84. The first-order valence-corrected chi connectivity index (χ1v) is 6.52. The van der Waals surface area contributed by atoms with E-state index in [-0.39, 0.29) is 6.42 Å². The molecule has 0 atom stereocenters. The third kappa shape index (κ3) is 2.09. The number of nitrogens with zero attached hydrogens (tertiary/aromatic N) is 1. The summed E-state index contributed by atoms with van der Waals surface area (Å²) >= 11 is 1.38. The quantitative estimate of drug-likeness (QED) is 0.921. The molecule has 0 radical (unpaired) electrons. The van der Waals surface area contributed by atoms with Crippen LogP contribution in [-0.2, 0) is 17.6 Å². The van der Waals surface area contributed by atoms with Gasteiger partial charge in [0.2, 0.25) is 0 Å². The van der Waals surface area contributed by atoms with Crippen molar-refractivity contribution in [1.29, 1.82) is 0 Å². The molecule has 0 unspecified atom stereocenters. The fourth-order valence-electron chi connectivity index (χ4n) is 2.00. The van der Waals surface area contributed by atoms with Crippen molar-refractivity contribution in [2.24, 2.45) is 0 Å². The van der Waals surface area contributed by atoms with Crippen molar-refractivity contribution in [2.75, 3.05) is 6.61 Å². The number of hydrogen-bond donors (Lipinski definition) is 1. The topological polar surface area (TPSA) is 59.4 Å². The Hall–Kier alpha value is -1.88. The number of hydrogen-bond acceptors (Lipinski definition) is 4. The van der Waals surface area contributed by atoms with E-state index in [1.165, 1.54) is 16.9 Å². The molecule has 0 aliphatic carbocycles. The molecule has 0 fully saturated rings. The van der Waals surface area contributed by atoms with Gasteiger partial charge in [0.1, 0.15) is 10.8 Å². The van der Waals surface area contributed by atoms with Gasteiger partial charge in [0.25, 0.3) is 0 Å². The SMILES string of the molecule is O=C(O)Cc1nc(-c2ccc3c(c2)CCO3)cs1. The number of thiazole rings is 1. The van der Waals surface area contributed by atoms with E-state index in [1.54, 1.807) is 0 Å². The molecule has 18 heavy (non-hydrogen) atoms. The number of rotatable bonds is 3. The first kappa shape index (κ1) is 11.2. The second kappa shape index (κ2) is 4.42. The van der Waals surface area contributed by atoms with Gasteiger partial charge in [0.15, 0.2) is 0 Å². The predicted octanol–water partition coefficient (Wildman–Crippen LogP) is 2.37. The molecule has 0 spiro atoms. The van der Waals surface area contributed by atoms with E-state index in [0.717, 1.165) is 30.0 Å². The molecule has 3 rings (SSSR count). The van der Waals surface area contributed by atoms with Crippen molar-refractivity contribution in [2.45, 2.75) is 12.8 Å². The zero-order chi connectivity index (χ0) is 12.5. The van der Waals surface area contributed by atoms with Crippen LogP contribution < -0.4 is 4.74 Å². The Kier molecular flexibility index (Phi) is 2.76. The number of ether oxygens (including phenoxy) is 1. The van der Waals surface area contributed by atoms with E-state index < -0.39 is 5.97 Å². The molecule has 4 nitrogen and oxygen atoms in total. The second-order valence-corrected chi connectivity index (χ2v) is 5.06. The maximum Gasteiger partial charge on any atom is 0.310 e. The largest absolute Gasteiger partial charge is 0.493 e. The Morgan fingerprint density at radius 1 is 1.50 bits per heavy atom. The molecule has 5 heteroatoms. The zero-order valence-electron chi connectivity index (χ0n) is 9.55. The molecule has 0 saturated carbocycles. The summed E-state index contributed by atoms with van der Waals surface area (Å²) in [6.45, 7) is 0.736. The highest BCUT2D eigenvalue weighted by Gasteiger charge is 2.14. The highest BCUT2D eigenvalue weighted by molar-refractivity contribution is 7.10. The summed E-state index contributed by atoms with van der Waals surface area (Å²) in [5, 5.41) is 11.3. The third-order valence-corrected chi connectivity index (χ3v) is 3.69. The number of aromatic nitrogens is 1. The molecule has 1 N–H and O–H groups in total. The van der Waals surface area contributed by atoms with Crippen LogP contribution in [0.3, 0.4) is 0 Å². The molecule has 2 aromatic rings. The number of carboxylic acids is 1. The van der Waals surface area contributed by atoms with Gasteiger partial charge in [-0.15, -0.1) is 11.3 Å². The maximum absolute atomic E-state index is 10.6. The molecule has 1 aliphatic heterocycles. The van der Waals surface area contributed by atoms with Crippen LogP contribution in [0.5, 0.6) is 5.75 Å². The number of benzene rings is 1. The van der Waals surface area contributed by atoms with Crippen LogP contribution in [-0.4, -0.2) is 22.7 Å². The first-order valence-electron chi connectivity index (χ1n) is 5.64. The number of aliphatic carboxylic acids is 1. The van der Waals surface area contributed by atoms with Crippen molar-refractivity contribution in [3.8, 4) is 17.0 Å². The lowest BCUT2D eigenvalue weighted by molar-refractivity contribution is -0.136.